The van der Waals surface area contributed by atoms with Crippen molar-refractivity contribution in [1.82, 2.24) is 4.90 Å². The van der Waals surface area contributed by atoms with Crippen LogP contribution in [0.3, 0.4) is 0 Å². The van der Waals surface area contributed by atoms with Crippen molar-refractivity contribution in [2.45, 2.75) is 19.8 Å². The van der Waals surface area contributed by atoms with Gasteiger partial charge in [0.05, 0.1) is 6.61 Å². The third kappa shape index (κ3) is 6.13. The van der Waals surface area contributed by atoms with E-state index in [9.17, 15) is 9.59 Å². The van der Waals surface area contributed by atoms with Gasteiger partial charge in [-0.25, -0.2) is 4.79 Å². The summed E-state index contributed by atoms with van der Waals surface area (Å²) in [6.07, 6.45) is 0.501. The molecule has 13 heavy (non-hydrogen) atoms. The fraction of sp³-hybridized carbons (Fsp3) is 0.667. The molecule has 0 aliphatic heterocycles. The van der Waals surface area contributed by atoms with Crippen LogP contribution in [0.1, 0.15) is 19.8 Å². The fourth-order valence-electron chi connectivity index (χ4n) is 0.815. The molecule has 0 unspecified atom stereocenters. The van der Waals surface area contributed by atoms with Gasteiger partial charge >= 0.3 is 6.09 Å². The predicted molar refractivity (Wildman–Crippen MR) is 48.2 cm³/mol. The summed E-state index contributed by atoms with van der Waals surface area (Å²) in [5, 5.41) is 0. The maximum Gasteiger partial charge on any atom is 0.409 e. The molecule has 0 N–H and O–H groups in total. The zero-order chi connectivity index (χ0) is 10.3. The fourth-order valence-corrected chi connectivity index (χ4v) is 0.815. The Kier molecular flexibility index (Phi) is 5.93. The van der Waals surface area contributed by atoms with Gasteiger partial charge in [-0.15, -0.1) is 0 Å². The Balaban J connectivity index is 3.55. The molecule has 0 saturated carbocycles. The molecule has 0 aliphatic rings. The highest BCUT2D eigenvalue weighted by Gasteiger charge is 2.08. The molecule has 0 rings (SSSR count). The van der Waals surface area contributed by atoms with Crippen LogP contribution >= 0.6 is 0 Å². The van der Waals surface area contributed by atoms with Crippen LogP contribution in [0.4, 0.5) is 4.79 Å². The van der Waals surface area contributed by atoms with Crippen molar-refractivity contribution in [2.75, 3.05) is 20.2 Å². The minimum absolute atomic E-state index is 0.295. The first-order chi connectivity index (χ1) is 6.07. The number of ether oxygens (including phenoxy) is 1. The molecule has 0 aromatic rings. The summed E-state index contributed by atoms with van der Waals surface area (Å²) in [7, 11) is 1.62. The third-order valence-corrected chi connectivity index (χ3v) is 1.50. The molecule has 0 atom stereocenters. The Labute approximate surface area is 78.9 Å². The van der Waals surface area contributed by atoms with Gasteiger partial charge in [-0.2, -0.15) is 0 Å². The maximum atomic E-state index is 11.0. The highest BCUT2D eigenvalue weighted by Crippen LogP contribution is 1.96. The van der Waals surface area contributed by atoms with Crippen LogP contribution in [0.15, 0.2) is 0 Å². The van der Waals surface area contributed by atoms with Gasteiger partial charge in [0.2, 0.25) is 0 Å². The smallest absolute Gasteiger partial charge is 0.409 e. The van der Waals surface area contributed by atoms with E-state index < -0.39 is 0 Å². The number of Topliss-reactive ketones (excluding diaryl/α,β-unsaturated/α-hetero) is 1. The van der Waals surface area contributed by atoms with Crippen molar-refractivity contribution < 1.29 is 14.3 Å². The van der Waals surface area contributed by atoms with Gasteiger partial charge in [0.25, 0.3) is 0 Å². The Morgan fingerprint density at radius 2 is 2.08 bits per heavy atom. The zero-order valence-electron chi connectivity index (χ0n) is 8.08. The quantitative estimate of drug-likeness (QED) is 0.645. The molecule has 4 heteroatoms. The second-order valence-corrected chi connectivity index (χ2v) is 2.69. The van der Waals surface area contributed by atoms with E-state index in [1.807, 2.05) is 0 Å². The maximum absolute atomic E-state index is 11.0. The predicted octanol–water partition coefficient (Wildman–Crippen LogP) is 1.14. The van der Waals surface area contributed by atoms with E-state index in [4.69, 9.17) is 11.7 Å². The normalized spacial score (nSPS) is 9.46. The standard InChI is InChI=1S/C9H15NO3/c1-4-13-9(12)10(3)7-5-6-8(2)11/h2H,4-7H2,1,3H3. The van der Waals surface area contributed by atoms with Crippen molar-refractivity contribution in [3.63, 3.8) is 0 Å². The van der Waals surface area contributed by atoms with E-state index in [1.165, 1.54) is 4.90 Å². The lowest BCUT2D eigenvalue weighted by Gasteiger charge is -2.15. The van der Waals surface area contributed by atoms with E-state index in [1.54, 1.807) is 14.0 Å². The molecule has 0 saturated heterocycles. The highest BCUT2D eigenvalue weighted by atomic mass is 16.5. The first-order valence-corrected chi connectivity index (χ1v) is 4.24. The number of ketones is 1. The van der Waals surface area contributed by atoms with Gasteiger partial charge in [0.1, 0.15) is 5.78 Å². The molecule has 0 heterocycles. The molecular formula is C9H15NO3. The summed E-state index contributed by atoms with van der Waals surface area (Å²) >= 11 is 0. The van der Waals surface area contributed by atoms with E-state index in [-0.39, 0.29) is 11.9 Å². The molecule has 1 amide bonds. The summed E-state index contributed by atoms with van der Waals surface area (Å²) in [6, 6.07) is 0. The molecule has 0 aromatic carbocycles. The Morgan fingerprint density at radius 1 is 1.46 bits per heavy atom. The monoisotopic (exact) mass is 185 g/mol. The minimum Gasteiger partial charge on any atom is -0.450 e. The second-order valence-electron chi connectivity index (χ2n) is 2.69. The Morgan fingerprint density at radius 3 is 2.54 bits per heavy atom. The number of rotatable bonds is 5. The molecule has 74 valence electrons. The lowest BCUT2D eigenvalue weighted by Crippen LogP contribution is -2.28. The number of carbonyl (C=O) groups is 2. The SMILES string of the molecule is [CH]C(=O)CCCN(C)C(=O)OCC. The van der Waals surface area contributed by atoms with Crippen LogP contribution in [0.2, 0.25) is 0 Å². The summed E-state index contributed by atoms with van der Waals surface area (Å²) in [5.41, 5.74) is 0. The van der Waals surface area contributed by atoms with Gasteiger partial charge < -0.3 is 9.64 Å². The van der Waals surface area contributed by atoms with E-state index in [2.05, 4.69) is 0 Å². The van der Waals surface area contributed by atoms with Crippen molar-refractivity contribution in [2.24, 2.45) is 0 Å². The van der Waals surface area contributed by atoms with Crippen molar-refractivity contribution in [1.29, 1.82) is 0 Å². The summed E-state index contributed by atoms with van der Waals surface area (Å²) in [5.74, 6) is -0.350. The first-order valence-electron chi connectivity index (χ1n) is 4.24. The van der Waals surface area contributed by atoms with Crippen LogP contribution in [0.25, 0.3) is 0 Å². The van der Waals surface area contributed by atoms with Crippen molar-refractivity contribution in [3.05, 3.63) is 6.92 Å². The molecule has 0 spiro atoms. The van der Waals surface area contributed by atoms with Crippen LogP contribution in [0, 0.1) is 6.92 Å². The van der Waals surface area contributed by atoms with Gasteiger partial charge in [-0.1, -0.05) is 0 Å². The molecule has 0 aromatic heterocycles. The molecular weight excluding hydrogens is 170 g/mol. The summed E-state index contributed by atoms with van der Waals surface area (Å²) in [6.45, 7) is 7.53. The average molecular weight is 185 g/mol. The van der Waals surface area contributed by atoms with Crippen LogP contribution in [0.5, 0.6) is 0 Å². The summed E-state index contributed by atoms with van der Waals surface area (Å²) < 4.78 is 4.73. The van der Waals surface area contributed by atoms with E-state index in [0.29, 0.717) is 26.0 Å². The molecule has 0 fully saturated rings. The van der Waals surface area contributed by atoms with Gasteiger partial charge in [-0.3, -0.25) is 4.79 Å². The number of hydrogen-bond donors (Lipinski definition) is 0. The van der Waals surface area contributed by atoms with Crippen LogP contribution in [-0.4, -0.2) is 37.0 Å². The summed E-state index contributed by atoms with van der Waals surface area (Å²) in [4.78, 5) is 22.8. The van der Waals surface area contributed by atoms with Crippen LogP contribution < -0.4 is 0 Å². The molecule has 0 aliphatic carbocycles. The molecule has 4 nitrogen and oxygen atoms in total. The van der Waals surface area contributed by atoms with Gasteiger partial charge in [0.15, 0.2) is 0 Å². The van der Waals surface area contributed by atoms with E-state index in [0.717, 1.165) is 0 Å². The average Bonchev–Trinajstić information content (AvgIpc) is 2.04. The lowest BCUT2D eigenvalue weighted by atomic mass is 10.2. The number of amides is 1. The Bertz CT molecular complexity index is 180. The largest absolute Gasteiger partial charge is 0.450 e. The lowest BCUT2D eigenvalue weighted by molar-refractivity contribution is -0.115. The number of hydrogen-bond acceptors (Lipinski definition) is 3. The third-order valence-electron chi connectivity index (χ3n) is 1.50. The first kappa shape index (κ1) is 11.9. The highest BCUT2D eigenvalue weighted by molar-refractivity contribution is 5.82. The number of nitrogens with zero attached hydrogens (tertiary/aromatic N) is 1. The van der Waals surface area contributed by atoms with Gasteiger partial charge in [0, 0.05) is 26.9 Å². The number of carbonyl (C=O) groups excluding carboxylic acids is 2. The zero-order valence-corrected chi connectivity index (χ0v) is 8.08. The van der Waals surface area contributed by atoms with E-state index >= 15 is 0 Å². The second kappa shape index (κ2) is 6.46. The minimum atomic E-state index is -0.369. The van der Waals surface area contributed by atoms with Crippen molar-refractivity contribution >= 4 is 11.9 Å². The molecule has 2 radical (unpaired) electrons. The Hall–Kier alpha value is -1.06. The molecule has 0 bridgehead atoms. The topological polar surface area (TPSA) is 46.6 Å². The van der Waals surface area contributed by atoms with Gasteiger partial charge in [-0.05, 0) is 13.3 Å². The van der Waals surface area contributed by atoms with Crippen molar-refractivity contribution in [3.8, 4) is 0 Å². The van der Waals surface area contributed by atoms with Crippen LogP contribution in [-0.2, 0) is 9.53 Å².